The molecule has 0 spiro atoms. The van der Waals surface area contributed by atoms with Gasteiger partial charge in [-0.3, -0.25) is 10.1 Å². The number of furan rings is 1. The fourth-order valence-electron chi connectivity index (χ4n) is 1.44. The van der Waals surface area contributed by atoms with Crippen molar-refractivity contribution in [2.24, 2.45) is 0 Å². The van der Waals surface area contributed by atoms with Crippen molar-refractivity contribution in [3.05, 3.63) is 57.0 Å². The highest BCUT2D eigenvalue weighted by atomic mass is 35.5. The molecule has 0 fully saturated rings. The van der Waals surface area contributed by atoms with Gasteiger partial charge in [-0.25, -0.2) is 4.79 Å². The summed E-state index contributed by atoms with van der Waals surface area (Å²) in [6.07, 6.45) is 1.10. The molecule has 20 heavy (non-hydrogen) atoms. The second-order valence-corrected chi connectivity index (χ2v) is 4.17. The number of non-ortho nitro benzene ring substituents is 1. The molecule has 2 rings (SSSR count). The maximum absolute atomic E-state index is 10.7. The molecule has 0 saturated carbocycles. The lowest BCUT2D eigenvalue weighted by atomic mass is 10.3. The molecule has 0 aliphatic rings. The first-order valence-electron chi connectivity index (χ1n) is 5.35. The van der Waals surface area contributed by atoms with Crippen molar-refractivity contribution in [1.82, 2.24) is 0 Å². The number of nitro groups is 1. The molecule has 8 heteroatoms. The highest BCUT2D eigenvalue weighted by Crippen LogP contribution is 2.29. The van der Waals surface area contributed by atoms with E-state index >= 15 is 0 Å². The summed E-state index contributed by atoms with van der Waals surface area (Å²) in [4.78, 5) is 20.6. The molecule has 1 aromatic carbocycles. The smallest absolute Gasteiger partial charge is 0.338 e. The van der Waals surface area contributed by atoms with E-state index in [0.29, 0.717) is 5.76 Å². The van der Waals surface area contributed by atoms with Crippen LogP contribution in [-0.2, 0) is 6.61 Å². The number of nitro benzene ring substituents is 1. The van der Waals surface area contributed by atoms with E-state index in [-0.39, 0.29) is 28.6 Å². The number of ether oxygens (including phenoxy) is 1. The van der Waals surface area contributed by atoms with Gasteiger partial charge in [-0.15, -0.1) is 0 Å². The molecule has 104 valence electrons. The van der Waals surface area contributed by atoms with Crippen LogP contribution in [-0.4, -0.2) is 16.0 Å². The molecule has 0 atom stereocenters. The second kappa shape index (κ2) is 5.62. The number of hydrogen-bond donors (Lipinski definition) is 1. The molecule has 0 bridgehead atoms. The predicted octanol–water partition coefficient (Wildman–Crippen LogP) is 3.12. The third-order valence-corrected chi connectivity index (χ3v) is 2.69. The summed E-state index contributed by atoms with van der Waals surface area (Å²) in [5.41, 5.74) is -0.132. The number of carbonyl (C=O) groups is 1. The zero-order valence-corrected chi connectivity index (χ0v) is 10.7. The average molecular weight is 298 g/mol. The number of carboxylic acid groups (broad SMARTS) is 1. The first-order valence-corrected chi connectivity index (χ1v) is 5.72. The quantitative estimate of drug-likeness (QED) is 0.672. The van der Waals surface area contributed by atoms with Crippen molar-refractivity contribution in [3.63, 3.8) is 0 Å². The number of nitrogens with zero attached hydrogens (tertiary/aromatic N) is 1. The maximum Gasteiger partial charge on any atom is 0.338 e. The van der Waals surface area contributed by atoms with Crippen LogP contribution in [0.3, 0.4) is 0 Å². The lowest BCUT2D eigenvalue weighted by Gasteiger charge is -2.05. The van der Waals surface area contributed by atoms with Crippen LogP contribution >= 0.6 is 11.6 Å². The van der Waals surface area contributed by atoms with Crippen LogP contribution in [0.5, 0.6) is 5.75 Å². The lowest BCUT2D eigenvalue weighted by Crippen LogP contribution is -1.96. The molecule has 0 unspecified atom stereocenters. The third kappa shape index (κ3) is 3.07. The second-order valence-electron chi connectivity index (χ2n) is 3.77. The molecule has 0 aliphatic carbocycles. The van der Waals surface area contributed by atoms with Gasteiger partial charge in [-0.1, -0.05) is 11.6 Å². The minimum atomic E-state index is -1.10. The largest absolute Gasteiger partial charge is 0.484 e. The van der Waals surface area contributed by atoms with Gasteiger partial charge in [0.05, 0.1) is 15.5 Å². The Morgan fingerprint density at radius 3 is 2.75 bits per heavy atom. The Morgan fingerprint density at radius 2 is 2.20 bits per heavy atom. The van der Waals surface area contributed by atoms with Gasteiger partial charge in [-0.2, -0.15) is 0 Å². The van der Waals surface area contributed by atoms with Gasteiger partial charge in [0, 0.05) is 12.1 Å². The molecule has 1 N–H and O–H groups in total. The Bertz CT molecular complexity index is 666. The molecule has 0 radical (unpaired) electrons. The van der Waals surface area contributed by atoms with E-state index in [4.69, 9.17) is 25.9 Å². The Kier molecular flexibility index (Phi) is 3.90. The summed E-state index contributed by atoms with van der Waals surface area (Å²) in [6.45, 7) is -0.0369. The van der Waals surface area contributed by atoms with Crippen LogP contribution in [0.25, 0.3) is 0 Å². The summed E-state index contributed by atoms with van der Waals surface area (Å²) in [6, 6.07) is 5.11. The van der Waals surface area contributed by atoms with Crippen molar-refractivity contribution in [1.29, 1.82) is 0 Å². The van der Waals surface area contributed by atoms with E-state index in [2.05, 4.69) is 0 Å². The molecule has 0 saturated heterocycles. The summed E-state index contributed by atoms with van der Waals surface area (Å²) < 4.78 is 10.3. The van der Waals surface area contributed by atoms with Crippen LogP contribution in [0.15, 0.2) is 34.9 Å². The van der Waals surface area contributed by atoms with Gasteiger partial charge in [0.25, 0.3) is 5.69 Å². The van der Waals surface area contributed by atoms with Crippen LogP contribution < -0.4 is 4.74 Å². The van der Waals surface area contributed by atoms with Gasteiger partial charge in [-0.05, 0) is 12.1 Å². The predicted molar refractivity (Wildman–Crippen MR) is 68.1 cm³/mol. The number of hydrogen-bond acceptors (Lipinski definition) is 5. The zero-order valence-electron chi connectivity index (χ0n) is 9.91. The molecule has 2 aromatic rings. The van der Waals surface area contributed by atoms with E-state index in [9.17, 15) is 14.9 Å². The fourth-order valence-corrected chi connectivity index (χ4v) is 1.67. The SMILES string of the molecule is O=C(O)c1coc(COc2ccc([N+](=O)[O-])cc2Cl)c1. The summed E-state index contributed by atoms with van der Waals surface area (Å²) in [5, 5.41) is 19.4. The number of carboxylic acids is 1. The summed E-state index contributed by atoms with van der Waals surface area (Å²) >= 11 is 5.84. The minimum Gasteiger partial charge on any atom is -0.484 e. The van der Waals surface area contributed by atoms with Crippen LogP contribution in [0.4, 0.5) is 5.69 Å². The van der Waals surface area contributed by atoms with Crippen molar-refractivity contribution in [2.75, 3.05) is 0 Å². The van der Waals surface area contributed by atoms with Crippen LogP contribution in [0.2, 0.25) is 5.02 Å². The van der Waals surface area contributed by atoms with E-state index in [1.54, 1.807) is 0 Å². The minimum absolute atomic E-state index is 0.0124. The Labute approximate surface area is 117 Å². The van der Waals surface area contributed by atoms with Crippen molar-refractivity contribution in [2.45, 2.75) is 6.61 Å². The molecule has 0 aliphatic heterocycles. The Hall–Kier alpha value is -2.54. The third-order valence-electron chi connectivity index (χ3n) is 2.40. The molecule has 1 aromatic heterocycles. The molecular weight excluding hydrogens is 290 g/mol. The highest BCUT2D eigenvalue weighted by molar-refractivity contribution is 6.32. The van der Waals surface area contributed by atoms with E-state index in [0.717, 1.165) is 6.26 Å². The number of aromatic carboxylic acids is 1. The fraction of sp³-hybridized carbons (Fsp3) is 0.0833. The Morgan fingerprint density at radius 1 is 1.45 bits per heavy atom. The number of halogens is 1. The molecule has 0 amide bonds. The summed E-state index contributed by atoms with van der Waals surface area (Å²) in [7, 11) is 0. The Balaban J connectivity index is 2.06. The van der Waals surface area contributed by atoms with Gasteiger partial charge < -0.3 is 14.3 Å². The van der Waals surface area contributed by atoms with Gasteiger partial charge in [0.1, 0.15) is 24.4 Å². The normalized spacial score (nSPS) is 10.2. The molecule has 7 nitrogen and oxygen atoms in total. The van der Waals surface area contributed by atoms with Crippen molar-refractivity contribution in [3.8, 4) is 5.75 Å². The first-order chi connectivity index (χ1) is 9.47. The van der Waals surface area contributed by atoms with Gasteiger partial charge >= 0.3 is 5.97 Å². The van der Waals surface area contributed by atoms with Gasteiger partial charge in [0.2, 0.25) is 0 Å². The first kappa shape index (κ1) is 13.9. The maximum atomic E-state index is 10.7. The van der Waals surface area contributed by atoms with Gasteiger partial charge in [0.15, 0.2) is 0 Å². The number of benzene rings is 1. The highest BCUT2D eigenvalue weighted by Gasteiger charge is 2.12. The van der Waals surface area contributed by atoms with Crippen LogP contribution in [0, 0.1) is 10.1 Å². The van der Waals surface area contributed by atoms with Crippen molar-refractivity contribution >= 4 is 23.3 Å². The van der Waals surface area contributed by atoms with Crippen molar-refractivity contribution < 1.29 is 24.0 Å². The average Bonchev–Trinajstić information content (AvgIpc) is 2.86. The van der Waals surface area contributed by atoms with E-state index < -0.39 is 10.9 Å². The monoisotopic (exact) mass is 297 g/mol. The standard InChI is InChI=1S/C12H8ClNO6/c13-10-4-8(14(17)18)1-2-11(10)20-6-9-3-7(5-19-9)12(15)16/h1-5H,6H2,(H,15,16). The lowest BCUT2D eigenvalue weighted by molar-refractivity contribution is -0.384. The number of rotatable bonds is 5. The van der Waals surface area contributed by atoms with E-state index in [1.807, 2.05) is 0 Å². The molecule has 1 heterocycles. The summed E-state index contributed by atoms with van der Waals surface area (Å²) in [5.74, 6) is -0.560. The van der Waals surface area contributed by atoms with E-state index in [1.165, 1.54) is 24.3 Å². The topological polar surface area (TPSA) is 103 Å². The molecular formula is C12H8ClNO6. The zero-order chi connectivity index (χ0) is 14.7. The van der Waals surface area contributed by atoms with Crippen LogP contribution in [0.1, 0.15) is 16.1 Å².